The molecule has 0 unspecified atom stereocenters. The van der Waals surface area contributed by atoms with Gasteiger partial charge in [-0.1, -0.05) is 50.2 Å². The highest BCUT2D eigenvalue weighted by molar-refractivity contribution is 6.36. The summed E-state index contributed by atoms with van der Waals surface area (Å²) in [6, 6.07) is 14.3. The van der Waals surface area contributed by atoms with E-state index in [-0.39, 0.29) is 5.91 Å². The zero-order valence-electron chi connectivity index (χ0n) is 16.0. The van der Waals surface area contributed by atoms with Crippen LogP contribution in [0.5, 0.6) is 0 Å². The summed E-state index contributed by atoms with van der Waals surface area (Å²) in [5.41, 5.74) is 5.99. The summed E-state index contributed by atoms with van der Waals surface area (Å²) in [6.07, 6.45) is 2.23. The Kier molecular flexibility index (Phi) is 4.99. The summed E-state index contributed by atoms with van der Waals surface area (Å²) in [7, 11) is 0. The lowest BCUT2D eigenvalue weighted by atomic mass is 9.98. The molecule has 2 aromatic rings. The summed E-state index contributed by atoms with van der Waals surface area (Å²) in [4.78, 5) is 15.0. The topological polar surface area (TPSA) is 41.6 Å². The number of ether oxygens (including phenoxy) is 1. The van der Waals surface area contributed by atoms with Crippen LogP contribution in [0.3, 0.4) is 0 Å². The fraction of sp³-hybridized carbons (Fsp3) is 0.348. The molecule has 4 nitrogen and oxygen atoms in total. The molecule has 4 heteroatoms. The fourth-order valence-corrected chi connectivity index (χ4v) is 3.97. The Balaban J connectivity index is 1.56. The smallest absolute Gasteiger partial charge is 0.260 e. The molecule has 0 aromatic heterocycles. The standard InChI is InChI=1S/C23H26N2O2/c1-3-25(4-2)13-7-8-16-11-12-18-17(14-16)15-27-22(18)21-19-9-5-6-10-20(19)24-23(21)26/h5-6,9-12,14H,3-4,7-8,13,15H2,1-2H3,(H,24,26). The second kappa shape index (κ2) is 7.57. The highest BCUT2D eigenvalue weighted by Gasteiger charge is 2.32. The Hall–Kier alpha value is -2.59. The second-order valence-electron chi connectivity index (χ2n) is 7.11. The molecule has 0 saturated carbocycles. The van der Waals surface area contributed by atoms with Gasteiger partial charge in [0, 0.05) is 22.4 Å². The second-order valence-corrected chi connectivity index (χ2v) is 7.11. The molecule has 140 valence electrons. The Morgan fingerprint density at radius 2 is 1.89 bits per heavy atom. The molecule has 1 N–H and O–H groups in total. The number of nitrogens with one attached hydrogen (secondary N) is 1. The number of hydrogen-bond donors (Lipinski definition) is 1. The number of carbonyl (C=O) groups excluding carboxylic acids is 1. The number of aryl methyl sites for hydroxylation is 1. The molecule has 1 amide bonds. The molecule has 0 aliphatic carbocycles. The van der Waals surface area contributed by atoms with Gasteiger partial charge in [-0.15, -0.1) is 0 Å². The summed E-state index contributed by atoms with van der Waals surface area (Å²) >= 11 is 0. The first kappa shape index (κ1) is 17.8. The van der Waals surface area contributed by atoms with E-state index in [1.165, 1.54) is 11.1 Å². The summed E-state index contributed by atoms with van der Waals surface area (Å²) in [5, 5.41) is 2.93. The SMILES string of the molecule is CCN(CC)CCCc1ccc2c(c1)COC2=C1C(=O)Nc2ccccc21. The number of carbonyl (C=O) groups is 1. The molecule has 2 aliphatic rings. The van der Waals surface area contributed by atoms with Gasteiger partial charge >= 0.3 is 0 Å². The molecule has 0 atom stereocenters. The first-order valence-electron chi connectivity index (χ1n) is 9.83. The van der Waals surface area contributed by atoms with E-state index in [1.807, 2.05) is 24.3 Å². The highest BCUT2D eigenvalue weighted by Crippen LogP contribution is 2.41. The van der Waals surface area contributed by atoms with E-state index in [1.54, 1.807) is 0 Å². The lowest BCUT2D eigenvalue weighted by molar-refractivity contribution is -0.110. The summed E-state index contributed by atoms with van der Waals surface area (Å²) in [6.45, 7) is 8.30. The van der Waals surface area contributed by atoms with Crippen molar-refractivity contribution in [2.75, 3.05) is 25.0 Å². The molecule has 0 radical (unpaired) electrons. The number of anilines is 1. The van der Waals surface area contributed by atoms with Crippen molar-refractivity contribution in [2.24, 2.45) is 0 Å². The fourth-order valence-electron chi connectivity index (χ4n) is 3.97. The van der Waals surface area contributed by atoms with Crippen LogP contribution < -0.4 is 5.32 Å². The predicted octanol–water partition coefficient (Wildman–Crippen LogP) is 4.31. The lowest BCUT2D eigenvalue weighted by Crippen LogP contribution is -2.24. The Labute approximate surface area is 160 Å². The minimum Gasteiger partial charge on any atom is -0.487 e. The largest absolute Gasteiger partial charge is 0.487 e. The molecular formula is C23H26N2O2. The van der Waals surface area contributed by atoms with Crippen LogP contribution in [-0.4, -0.2) is 30.4 Å². The van der Waals surface area contributed by atoms with Crippen LogP contribution in [-0.2, 0) is 22.6 Å². The van der Waals surface area contributed by atoms with Crippen LogP contribution in [0.1, 0.15) is 42.5 Å². The van der Waals surface area contributed by atoms with Crippen molar-refractivity contribution in [1.29, 1.82) is 0 Å². The molecule has 0 spiro atoms. The Morgan fingerprint density at radius 1 is 1.07 bits per heavy atom. The molecule has 2 heterocycles. The van der Waals surface area contributed by atoms with E-state index in [4.69, 9.17) is 4.74 Å². The van der Waals surface area contributed by atoms with Crippen molar-refractivity contribution in [3.05, 3.63) is 64.7 Å². The third kappa shape index (κ3) is 3.37. The van der Waals surface area contributed by atoms with Crippen LogP contribution in [0.25, 0.3) is 11.3 Å². The monoisotopic (exact) mass is 362 g/mol. The number of rotatable bonds is 6. The maximum Gasteiger partial charge on any atom is 0.260 e. The summed E-state index contributed by atoms with van der Waals surface area (Å²) < 4.78 is 5.98. The first-order valence-corrected chi connectivity index (χ1v) is 9.83. The minimum atomic E-state index is -0.0812. The van der Waals surface area contributed by atoms with Gasteiger partial charge in [-0.05, 0) is 44.1 Å². The van der Waals surface area contributed by atoms with Gasteiger partial charge in [-0.25, -0.2) is 0 Å². The van der Waals surface area contributed by atoms with Gasteiger partial charge in [0.15, 0.2) is 0 Å². The molecule has 4 rings (SSSR count). The quantitative estimate of drug-likeness (QED) is 0.779. The first-order chi connectivity index (χ1) is 13.2. The van der Waals surface area contributed by atoms with Crippen molar-refractivity contribution in [3.8, 4) is 0 Å². The van der Waals surface area contributed by atoms with Gasteiger partial charge < -0.3 is 15.0 Å². The Morgan fingerprint density at radius 3 is 2.70 bits per heavy atom. The van der Waals surface area contributed by atoms with Crippen LogP contribution in [0.15, 0.2) is 42.5 Å². The van der Waals surface area contributed by atoms with Gasteiger partial charge in [0.2, 0.25) is 0 Å². The molecular weight excluding hydrogens is 336 g/mol. The van der Waals surface area contributed by atoms with Crippen molar-refractivity contribution >= 4 is 22.9 Å². The van der Waals surface area contributed by atoms with Gasteiger partial charge in [0.1, 0.15) is 12.4 Å². The van der Waals surface area contributed by atoms with Crippen molar-refractivity contribution in [3.63, 3.8) is 0 Å². The van der Waals surface area contributed by atoms with E-state index in [0.717, 1.165) is 49.3 Å². The minimum absolute atomic E-state index is 0.0812. The number of hydrogen-bond acceptors (Lipinski definition) is 3. The number of para-hydroxylation sites is 1. The van der Waals surface area contributed by atoms with Gasteiger partial charge in [-0.3, -0.25) is 4.79 Å². The molecule has 0 bridgehead atoms. The highest BCUT2D eigenvalue weighted by atomic mass is 16.5. The van der Waals surface area contributed by atoms with Crippen molar-refractivity contribution in [1.82, 2.24) is 4.90 Å². The molecule has 2 aliphatic heterocycles. The number of amides is 1. The Bertz CT molecular complexity index is 897. The molecule has 2 aromatic carbocycles. The van der Waals surface area contributed by atoms with E-state index >= 15 is 0 Å². The number of benzene rings is 2. The maximum atomic E-state index is 12.5. The van der Waals surface area contributed by atoms with Crippen LogP contribution in [0, 0.1) is 0 Å². The van der Waals surface area contributed by atoms with Crippen LogP contribution in [0.2, 0.25) is 0 Å². The lowest BCUT2D eigenvalue weighted by Gasteiger charge is -2.17. The number of fused-ring (bicyclic) bond motifs is 2. The average molecular weight is 362 g/mol. The predicted molar refractivity (Wildman–Crippen MR) is 109 cm³/mol. The van der Waals surface area contributed by atoms with E-state index in [9.17, 15) is 4.79 Å². The van der Waals surface area contributed by atoms with Crippen molar-refractivity contribution in [2.45, 2.75) is 33.3 Å². The van der Waals surface area contributed by atoms with Gasteiger partial charge in [-0.2, -0.15) is 0 Å². The zero-order chi connectivity index (χ0) is 18.8. The average Bonchev–Trinajstić information content (AvgIpc) is 3.24. The van der Waals surface area contributed by atoms with E-state index < -0.39 is 0 Å². The van der Waals surface area contributed by atoms with Crippen LogP contribution >= 0.6 is 0 Å². The molecule has 0 saturated heterocycles. The zero-order valence-corrected chi connectivity index (χ0v) is 16.0. The third-order valence-corrected chi connectivity index (χ3v) is 5.52. The van der Waals surface area contributed by atoms with Crippen molar-refractivity contribution < 1.29 is 9.53 Å². The number of nitrogens with zero attached hydrogens (tertiary/aromatic N) is 1. The van der Waals surface area contributed by atoms with Gasteiger partial charge in [0.25, 0.3) is 5.91 Å². The molecule has 27 heavy (non-hydrogen) atoms. The summed E-state index contributed by atoms with van der Waals surface area (Å²) in [5.74, 6) is 0.629. The molecule has 0 fully saturated rings. The third-order valence-electron chi connectivity index (χ3n) is 5.52. The van der Waals surface area contributed by atoms with Gasteiger partial charge in [0.05, 0.1) is 5.57 Å². The van der Waals surface area contributed by atoms with E-state index in [0.29, 0.717) is 17.9 Å². The normalized spacial score (nSPS) is 17.7. The van der Waals surface area contributed by atoms with Crippen LogP contribution in [0.4, 0.5) is 5.69 Å². The maximum absolute atomic E-state index is 12.5. The van der Waals surface area contributed by atoms with E-state index in [2.05, 4.69) is 42.3 Å².